The molecule has 1 aromatic carbocycles. The molecule has 1 saturated carbocycles. The van der Waals surface area contributed by atoms with E-state index in [0.29, 0.717) is 5.02 Å². The molecular weight excluding hydrogens is 254 g/mol. The lowest BCUT2D eigenvalue weighted by molar-refractivity contribution is -0.124. The van der Waals surface area contributed by atoms with Gasteiger partial charge in [0.25, 0.3) is 0 Å². The van der Waals surface area contributed by atoms with Crippen LogP contribution >= 0.6 is 11.6 Å². The lowest BCUT2D eigenvalue weighted by Gasteiger charge is -2.17. The maximum Gasteiger partial charge on any atom is 0.230 e. The predicted molar refractivity (Wildman–Crippen MR) is 68.5 cm³/mol. The summed E-state index contributed by atoms with van der Waals surface area (Å²) in [5.41, 5.74) is 0.475. The molecular formula is C13H16ClNO3. The van der Waals surface area contributed by atoms with Crippen molar-refractivity contribution in [2.24, 2.45) is 0 Å². The Balaban J connectivity index is 2.03. The van der Waals surface area contributed by atoms with Gasteiger partial charge in [0.2, 0.25) is 5.91 Å². The molecule has 0 radical (unpaired) electrons. The monoisotopic (exact) mass is 269 g/mol. The average molecular weight is 270 g/mol. The van der Waals surface area contributed by atoms with Crippen LogP contribution in [0.15, 0.2) is 24.3 Å². The van der Waals surface area contributed by atoms with Gasteiger partial charge in [0, 0.05) is 11.6 Å². The van der Waals surface area contributed by atoms with Crippen molar-refractivity contribution in [3.05, 3.63) is 34.9 Å². The number of benzene rings is 1. The largest absolute Gasteiger partial charge is 0.394 e. The van der Waals surface area contributed by atoms with Crippen molar-refractivity contribution in [2.45, 2.75) is 24.4 Å². The first-order chi connectivity index (χ1) is 8.58. The van der Waals surface area contributed by atoms with Crippen molar-refractivity contribution in [3.63, 3.8) is 0 Å². The van der Waals surface area contributed by atoms with E-state index in [-0.39, 0.29) is 19.1 Å². The van der Waals surface area contributed by atoms with Gasteiger partial charge in [-0.25, -0.2) is 0 Å². The van der Waals surface area contributed by atoms with Crippen LogP contribution in [-0.4, -0.2) is 35.4 Å². The van der Waals surface area contributed by atoms with Gasteiger partial charge in [0.1, 0.15) is 0 Å². The van der Waals surface area contributed by atoms with Crippen molar-refractivity contribution in [2.75, 3.05) is 13.2 Å². The second-order valence-electron chi connectivity index (χ2n) is 4.64. The Kier molecular flexibility index (Phi) is 3.90. The summed E-state index contributed by atoms with van der Waals surface area (Å²) in [7, 11) is 0. The van der Waals surface area contributed by atoms with Crippen LogP contribution in [0.2, 0.25) is 5.02 Å². The first kappa shape index (κ1) is 13.3. The fourth-order valence-electron chi connectivity index (χ4n) is 1.99. The molecule has 0 heterocycles. The van der Waals surface area contributed by atoms with E-state index in [9.17, 15) is 9.90 Å². The Labute approximate surface area is 111 Å². The van der Waals surface area contributed by atoms with E-state index in [1.807, 2.05) is 12.1 Å². The van der Waals surface area contributed by atoms with E-state index in [1.165, 1.54) is 0 Å². The summed E-state index contributed by atoms with van der Waals surface area (Å²) < 4.78 is 0. The molecule has 1 aliphatic carbocycles. The highest BCUT2D eigenvalue weighted by Gasteiger charge is 2.51. The SMILES string of the molecule is O=C(NCC(O)CO)C1(c2ccc(Cl)cc2)CC1. The topological polar surface area (TPSA) is 69.6 Å². The summed E-state index contributed by atoms with van der Waals surface area (Å²) in [6.45, 7) is -0.279. The summed E-state index contributed by atoms with van der Waals surface area (Å²) in [6.07, 6.45) is 0.695. The molecule has 18 heavy (non-hydrogen) atoms. The second-order valence-corrected chi connectivity index (χ2v) is 5.07. The lowest BCUT2D eigenvalue weighted by Crippen LogP contribution is -2.40. The summed E-state index contributed by atoms with van der Waals surface area (Å²) in [5, 5.41) is 21.2. The molecule has 98 valence electrons. The number of aliphatic hydroxyl groups excluding tert-OH is 2. The van der Waals surface area contributed by atoms with Crippen LogP contribution in [0.5, 0.6) is 0 Å². The molecule has 0 bridgehead atoms. The highest BCUT2D eigenvalue weighted by molar-refractivity contribution is 6.30. The molecule has 1 aliphatic rings. The maximum atomic E-state index is 12.1. The van der Waals surface area contributed by atoms with Crippen LogP contribution in [-0.2, 0) is 10.2 Å². The summed E-state index contributed by atoms with van der Waals surface area (Å²) in [5.74, 6) is -0.0997. The van der Waals surface area contributed by atoms with Gasteiger partial charge in [-0.15, -0.1) is 0 Å². The Morgan fingerprint density at radius 2 is 2.00 bits per heavy atom. The Hall–Kier alpha value is -1.10. The van der Waals surface area contributed by atoms with Gasteiger partial charge in [-0.1, -0.05) is 23.7 Å². The van der Waals surface area contributed by atoms with E-state index >= 15 is 0 Å². The third kappa shape index (κ3) is 2.66. The first-order valence-electron chi connectivity index (χ1n) is 5.92. The normalized spacial score (nSPS) is 18.2. The predicted octanol–water partition coefficient (Wildman–Crippen LogP) is 0.841. The lowest BCUT2D eigenvalue weighted by atomic mass is 9.95. The number of hydrogen-bond acceptors (Lipinski definition) is 3. The van der Waals surface area contributed by atoms with Crippen LogP contribution < -0.4 is 5.32 Å². The van der Waals surface area contributed by atoms with Gasteiger partial charge in [-0.3, -0.25) is 4.79 Å². The first-order valence-corrected chi connectivity index (χ1v) is 6.29. The summed E-state index contributed by atoms with van der Waals surface area (Å²) >= 11 is 5.82. The van der Waals surface area contributed by atoms with Crippen LogP contribution in [0.25, 0.3) is 0 Å². The van der Waals surface area contributed by atoms with E-state index in [4.69, 9.17) is 16.7 Å². The fraction of sp³-hybridized carbons (Fsp3) is 0.462. The van der Waals surface area contributed by atoms with Gasteiger partial charge in [-0.05, 0) is 30.5 Å². The smallest absolute Gasteiger partial charge is 0.230 e. The molecule has 0 aromatic heterocycles. The van der Waals surface area contributed by atoms with E-state index < -0.39 is 11.5 Å². The number of hydrogen-bond donors (Lipinski definition) is 3. The van der Waals surface area contributed by atoms with Crippen molar-refractivity contribution in [1.29, 1.82) is 0 Å². The van der Waals surface area contributed by atoms with Gasteiger partial charge in [0.05, 0.1) is 18.1 Å². The number of aliphatic hydroxyl groups is 2. The van der Waals surface area contributed by atoms with Crippen LogP contribution in [0, 0.1) is 0 Å². The number of halogens is 1. The summed E-state index contributed by atoms with van der Waals surface area (Å²) in [6, 6.07) is 7.26. The van der Waals surface area contributed by atoms with E-state index in [1.54, 1.807) is 12.1 Å². The maximum absolute atomic E-state index is 12.1. The van der Waals surface area contributed by atoms with Crippen molar-refractivity contribution >= 4 is 17.5 Å². The van der Waals surface area contributed by atoms with E-state index in [2.05, 4.69) is 5.32 Å². The zero-order valence-electron chi connectivity index (χ0n) is 9.90. The molecule has 2 rings (SSSR count). The number of amides is 1. The molecule has 0 spiro atoms. The fourth-order valence-corrected chi connectivity index (χ4v) is 2.11. The quantitative estimate of drug-likeness (QED) is 0.742. The zero-order chi connectivity index (χ0) is 13.2. The molecule has 1 atom stereocenters. The van der Waals surface area contributed by atoms with Crippen molar-refractivity contribution in [3.8, 4) is 0 Å². The highest BCUT2D eigenvalue weighted by Crippen LogP contribution is 2.48. The second kappa shape index (κ2) is 5.26. The van der Waals surface area contributed by atoms with Gasteiger partial charge < -0.3 is 15.5 Å². The standard InChI is InChI=1S/C13H16ClNO3/c14-10-3-1-9(2-4-10)13(5-6-13)12(18)15-7-11(17)8-16/h1-4,11,16-17H,5-8H2,(H,15,18). The average Bonchev–Trinajstić information content (AvgIpc) is 3.17. The van der Waals surface area contributed by atoms with Gasteiger partial charge >= 0.3 is 0 Å². The number of nitrogens with one attached hydrogen (secondary N) is 1. The zero-order valence-corrected chi connectivity index (χ0v) is 10.7. The molecule has 4 nitrogen and oxygen atoms in total. The number of carbonyl (C=O) groups excluding carboxylic acids is 1. The van der Waals surface area contributed by atoms with Crippen molar-refractivity contribution in [1.82, 2.24) is 5.32 Å². The van der Waals surface area contributed by atoms with E-state index in [0.717, 1.165) is 18.4 Å². The molecule has 0 saturated heterocycles. The van der Waals surface area contributed by atoms with Crippen LogP contribution in [0.4, 0.5) is 0 Å². The highest BCUT2D eigenvalue weighted by atomic mass is 35.5. The van der Waals surface area contributed by atoms with Gasteiger partial charge in [-0.2, -0.15) is 0 Å². The Bertz CT molecular complexity index is 428. The number of rotatable bonds is 5. The molecule has 1 amide bonds. The van der Waals surface area contributed by atoms with Crippen LogP contribution in [0.1, 0.15) is 18.4 Å². The van der Waals surface area contributed by atoms with Gasteiger partial charge in [0.15, 0.2) is 0 Å². The van der Waals surface area contributed by atoms with Crippen molar-refractivity contribution < 1.29 is 15.0 Å². The molecule has 1 fully saturated rings. The Morgan fingerprint density at radius 3 is 2.50 bits per heavy atom. The molecule has 0 aliphatic heterocycles. The third-order valence-electron chi connectivity index (χ3n) is 3.29. The molecule has 3 N–H and O–H groups in total. The number of carbonyl (C=O) groups is 1. The minimum absolute atomic E-state index is 0.0741. The third-order valence-corrected chi connectivity index (χ3v) is 3.54. The minimum atomic E-state index is -0.907. The molecule has 5 heteroatoms. The molecule has 1 unspecified atom stereocenters. The summed E-state index contributed by atoms with van der Waals surface area (Å²) in [4.78, 5) is 12.1. The minimum Gasteiger partial charge on any atom is -0.394 e. The molecule has 1 aromatic rings. The van der Waals surface area contributed by atoms with Crippen LogP contribution in [0.3, 0.4) is 0 Å². The Morgan fingerprint density at radius 1 is 1.39 bits per heavy atom.